The Balaban J connectivity index is 1.36. The molecule has 0 radical (unpaired) electrons. The Hall–Kier alpha value is -3.70. The predicted molar refractivity (Wildman–Crippen MR) is 135 cm³/mol. The van der Waals surface area contributed by atoms with Gasteiger partial charge in [-0.2, -0.15) is 10.2 Å². The lowest BCUT2D eigenvalue weighted by atomic mass is 9.89. The number of rotatable bonds is 4. The largest absolute Gasteiger partial charge is 0.464 e. The van der Waals surface area contributed by atoms with Crippen LogP contribution in [0.3, 0.4) is 0 Å². The fraction of sp³-hybridized carbons (Fsp3) is 0.407. The Morgan fingerprint density at radius 3 is 2.71 bits per heavy atom. The number of nitriles is 1. The number of likely N-dealkylation sites (tertiary alicyclic amines) is 1. The Morgan fingerprint density at radius 2 is 1.94 bits per heavy atom. The molecule has 8 nitrogen and oxygen atoms in total. The summed E-state index contributed by atoms with van der Waals surface area (Å²) in [6, 6.07) is 9.74. The van der Waals surface area contributed by atoms with E-state index in [9.17, 15) is 10.1 Å². The Kier molecular flexibility index (Phi) is 5.50. The molecule has 4 heterocycles. The van der Waals surface area contributed by atoms with Crippen molar-refractivity contribution in [2.75, 3.05) is 25.5 Å². The zero-order chi connectivity index (χ0) is 23.9. The van der Waals surface area contributed by atoms with Gasteiger partial charge in [-0.05, 0) is 76.0 Å². The summed E-state index contributed by atoms with van der Waals surface area (Å²) in [6.45, 7) is 2.19. The van der Waals surface area contributed by atoms with Crippen LogP contribution >= 0.6 is 0 Å². The molecule has 4 aromatic rings. The highest BCUT2D eigenvalue weighted by Crippen LogP contribution is 2.36. The van der Waals surface area contributed by atoms with E-state index in [1.54, 1.807) is 16.8 Å². The van der Waals surface area contributed by atoms with E-state index in [-0.39, 0.29) is 17.2 Å². The van der Waals surface area contributed by atoms with E-state index in [0.29, 0.717) is 22.9 Å². The number of anilines is 2. The van der Waals surface area contributed by atoms with Gasteiger partial charge in [-0.1, -0.05) is 12.8 Å². The molecular weight excluding hydrogens is 440 g/mol. The first-order valence-electron chi connectivity index (χ1n) is 12.4. The first-order chi connectivity index (χ1) is 17.1. The molecule has 8 heteroatoms. The molecule has 0 amide bonds. The highest BCUT2D eigenvalue weighted by atomic mass is 16.3. The zero-order valence-corrected chi connectivity index (χ0v) is 19.8. The summed E-state index contributed by atoms with van der Waals surface area (Å²) in [7, 11) is 2.17. The van der Waals surface area contributed by atoms with Crippen LogP contribution in [0.1, 0.15) is 61.6 Å². The van der Waals surface area contributed by atoms with Crippen molar-refractivity contribution in [3.8, 4) is 6.07 Å². The second kappa shape index (κ2) is 8.82. The minimum absolute atomic E-state index is 0.0698. The molecule has 3 aromatic heterocycles. The third-order valence-corrected chi connectivity index (χ3v) is 7.60. The lowest BCUT2D eigenvalue weighted by molar-refractivity contribution is 0.255. The van der Waals surface area contributed by atoms with Crippen LogP contribution in [0.4, 0.5) is 11.6 Å². The van der Waals surface area contributed by atoms with Crippen molar-refractivity contribution in [2.24, 2.45) is 0 Å². The van der Waals surface area contributed by atoms with Crippen molar-refractivity contribution in [1.82, 2.24) is 19.4 Å². The molecule has 0 spiro atoms. The molecule has 0 atom stereocenters. The molecule has 1 aromatic carbocycles. The summed E-state index contributed by atoms with van der Waals surface area (Å²) in [6.07, 6.45) is 9.85. The van der Waals surface area contributed by atoms with Gasteiger partial charge in [0.1, 0.15) is 22.9 Å². The summed E-state index contributed by atoms with van der Waals surface area (Å²) in [4.78, 5) is 24.6. The Labute approximate surface area is 203 Å². The average Bonchev–Trinajstić information content (AvgIpc) is 3.54. The lowest BCUT2D eigenvalue weighted by Crippen LogP contribution is -2.29. The van der Waals surface area contributed by atoms with Gasteiger partial charge < -0.3 is 14.6 Å². The van der Waals surface area contributed by atoms with Crippen molar-refractivity contribution < 1.29 is 4.42 Å². The number of fused-ring (bicyclic) bond motifs is 2. The van der Waals surface area contributed by atoms with Crippen LogP contribution in [0.15, 0.2) is 45.9 Å². The van der Waals surface area contributed by atoms with Crippen LogP contribution in [0.5, 0.6) is 0 Å². The van der Waals surface area contributed by atoms with E-state index in [0.717, 1.165) is 68.3 Å². The fourth-order valence-electron chi connectivity index (χ4n) is 5.65. The standard InChI is InChI=1S/C27H28N6O2/c1-32-10-8-17(9-11-32)23-16-35-24-7-6-20(13-22(23)24)30-27-29-15-19-12-18(14-28)26(34)33(25(19)31-27)21-4-2-3-5-21/h6-7,12-13,15-17,21H,2-5,8-11H2,1H3,(H,29,30,31). The van der Waals surface area contributed by atoms with Crippen LogP contribution in [-0.4, -0.2) is 39.6 Å². The summed E-state index contributed by atoms with van der Waals surface area (Å²) in [5.74, 6) is 0.923. The third kappa shape index (κ3) is 3.96. The van der Waals surface area contributed by atoms with E-state index in [4.69, 9.17) is 9.40 Å². The average molecular weight is 469 g/mol. The van der Waals surface area contributed by atoms with Crippen LogP contribution in [-0.2, 0) is 0 Å². The fourth-order valence-corrected chi connectivity index (χ4v) is 5.65. The SMILES string of the molecule is CN1CCC(c2coc3ccc(Nc4ncc5cc(C#N)c(=O)n(C6CCCC6)c5n4)cc23)CC1. The minimum Gasteiger partial charge on any atom is -0.464 e. The van der Waals surface area contributed by atoms with Crippen molar-refractivity contribution in [3.05, 3.63) is 58.2 Å². The van der Waals surface area contributed by atoms with Gasteiger partial charge in [-0.25, -0.2) is 4.98 Å². The van der Waals surface area contributed by atoms with E-state index < -0.39 is 0 Å². The quantitative estimate of drug-likeness (QED) is 0.446. The van der Waals surface area contributed by atoms with Gasteiger partial charge in [0.2, 0.25) is 5.95 Å². The monoisotopic (exact) mass is 468 g/mol. The molecular formula is C27H28N6O2. The van der Waals surface area contributed by atoms with Gasteiger partial charge in [-0.15, -0.1) is 0 Å². The number of pyridine rings is 1. The molecule has 178 valence electrons. The summed E-state index contributed by atoms with van der Waals surface area (Å²) >= 11 is 0. The molecule has 2 fully saturated rings. The molecule has 0 unspecified atom stereocenters. The smallest absolute Gasteiger partial charge is 0.270 e. The number of piperidine rings is 1. The maximum atomic E-state index is 13.0. The minimum atomic E-state index is -0.265. The van der Waals surface area contributed by atoms with Crippen molar-refractivity contribution in [3.63, 3.8) is 0 Å². The van der Waals surface area contributed by atoms with Gasteiger partial charge in [0.25, 0.3) is 5.56 Å². The summed E-state index contributed by atoms with van der Waals surface area (Å²) in [5, 5.41) is 14.6. The maximum Gasteiger partial charge on any atom is 0.270 e. The molecule has 1 N–H and O–H groups in total. The maximum absolute atomic E-state index is 13.0. The van der Waals surface area contributed by atoms with E-state index >= 15 is 0 Å². The first kappa shape index (κ1) is 21.8. The van der Waals surface area contributed by atoms with Crippen molar-refractivity contribution >= 4 is 33.6 Å². The summed E-state index contributed by atoms with van der Waals surface area (Å²) < 4.78 is 7.58. The van der Waals surface area contributed by atoms with Gasteiger partial charge in [0.05, 0.1) is 6.26 Å². The number of benzene rings is 1. The number of hydrogen-bond acceptors (Lipinski definition) is 7. The van der Waals surface area contributed by atoms with Crippen molar-refractivity contribution in [1.29, 1.82) is 5.26 Å². The molecule has 1 aliphatic carbocycles. The highest BCUT2D eigenvalue weighted by molar-refractivity contribution is 5.86. The first-order valence-corrected chi connectivity index (χ1v) is 12.4. The van der Waals surface area contributed by atoms with Crippen LogP contribution in [0, 0.1) is 11.3 Å². The van der Waals surface area contributed by atoms with Gasteiger partial charge in [0.15, 0.2) is 0 Å². The van der Waals surface area contributed by atoms with Gasteiger partial charge >= 0.3 is 0 Å². The molecule has 1 saturated carbocycles. The van der Waals surface area contributed by atoms with Gasteiger partial charge in [0, 0.05) is 34.3 Å². The van der Waals surface area contributed by atoms with Crippen LogP contribution < -0.4 is 10.9 Å². The molecule has 1 aliphatic heterocycles. The second-order valence-corrected chi connectivity index (χ2v) is 9.86. The molecule has 6 rings (SSSR count). The number of nitrogens with one attached hydrogen (secondary N) is 1. The van der Waals surface area contributed by atoms with Crippen molar-refractivity contribution in [2.45, 2.75) is 50.5 Å². The third-order valence-electron chi connectivity index (χ3n) is 7.60. The van der Waals surface area contributed by atoms with E-state index in [2.05, 4.69) is 28.3 Å². The Bertz CT molecular complexity index is 1500. The molecule has 0 bridgehead atoms. The van der Waals surface area contributed by atoms with E-state index in [1.165, 1.54) is 5.56 Å². The van der Waals surface area contributed by atoms with Crippen LogP contribution in [0.2, 0.25) is 0 Å². The number of nitrogens with zero attached hydrogens (tertiary/aromatic N) is 5. The van der Waals surface area contributed by atoms with Gasteiger partial charge in [-0.3, -0.25) is 9.36 Å². The number of hydrogen-bond donors (Lipinski definition) is 1. The molecule has 35 heavy (non-hydrogen) atoms. The topological polar surface area (TPSA) is 100.0 Å². The second-order valence-electron chi connectivity index (χ2n) is 9.86. The Morgan fingerprint density at radius 1 is 1.14 bits per heavy atom. The lowest BCUT2D eigenvalue weighted by Gasteiger charge is -2.28. The van der Waals surface area contributed by atoms with Crippen LogP contribution in [0.25, 0.3) is 22.0 Å². The zero-order valence-electron chi connectivity index (χ0n) is 19.8. The predicted octanol–water partition coefficient (Wildman–Crippen LogP) is 5.08. The molecule has 1 saturated heterocycles. The number of aromatic nitrogens is 3. The number of furan rings is 1. The molecule has 2 aliphatic rings. The van der Waals surface area contributed by atoms with E-state index in [1.807, 2.05) is 24.5 Å². The highest BCUT2D eigenvalue weighted by Gasteiger charge is 2.24. The summed E-state index contributed by atoms with van der Waals surface area (Å²) in [5.41, 5.74) is 3.46. The normalized spacial score (nSPS) is 17.8.